The summed E-state index contributed by atoms with van der Waals surface area (Å²) < 4.78 is 1.97. The van der Waals surface area contributed by atoms with Crippen molar-refractivity contribution in [2.45, 2.75) is 115 Å². The first-order valence-corrected chi connectivity index (χ1v) is 22.5. The van der Waals surface area contributed by atoms with Gasteiger partial charge in [0.05, 0.1) is 24.1 Å². The van der Waals surface area contributed by atoms with E-state index in [2.05, 4.69) is 33.2 Å². The number of aromatic hydroxyl groups is 1. The summed E-state index contributed by atoms with van der Waals surface area (Å²) in [4.78, 5) is 71.7. The molecule has 4 amide bonds. The minimum absolute atomic E-state index is 0.0138. The molecule has 4 aromatic carbocycles. The van der Waals surface area contributed by atoms with Crippen LogP contribution >= 0.6 is 0 Å². The van der Waals surface area contributed by atoms with Gasteiger partial charge in [-0.2, -0.15) is 0 Å². The van der Waals surface area contributed by atoms with Gasteiger partial charge < -0.3 is 41.8 Å². The van der Waals surface area contributed by atoms with Crippen LogP contribution in [0.15, 0.2) is 122 Å². The number of phenolic OH excluding ortho intramolecular Hbond substituents is 1. The van der Waals surface area contributed by atoms with Crippen molar-refractivity contribution in [2.75, 3.05) is 6.54 Å². The molecule has 0 aliphatic rings. The van der Waals surface area contributed by atoms with Crippen LogP contribution in [0.4, 0.5) is 0 Å². The van der Waals surface area contributed by atoms with Crippen molar-refractivity contribution in [3.05, 3.63) is 155 Å². The molecule has 0 fully saturated rings. The number of carbonyl (C=O) groups is 5. The lowest BCUT2D eigenvalue weighted by atomic mass is 9.98. The van der Waals surface area contributed by atoms with Crippen LogP contribution in [0.5, 0.6) is 5.75 Å². The summed E-state index contributed by atoms with van der Waals surface area (Å²) in [5.41, 5.74) is 11.4. The molecule has 344 valence electrons. The highest BCUT2D eigenvalue weighted by Crippen LogP contribution is 2.27. The van der Waals surface area contributed by atoms with Gasteiger partial charge >= 0.3 is 5.97 Å². The number of nitrogens with two attached hydrogens (primary N) is 1. The van der Waals surface area contributed by atoms with E-state index in [1.54, 1.807) is 18.5 Å². The van der Waals surface area contributed by atoms with Gasteiger partial charge in [-0.25, -0.2) is 9.78 Å². The molecule has 0 saturated carbocycles. The topological polar surface area (TPSA) is 218 Å². The number of aliphatic carboxylic acids is 1. The van der Waals surface area contributed by atoms with Gasteiger partial charge in [-0.3, -0.25) is 19.2 Å². The van der Waals surface area contributed by atoms with E-state index in [1.165, 1.54) is 12.1 Å². The van der Waals surface area contributed by atoms with Crippen molar-refractivity contribution >= 4 is 29.6 Å². The van der Waals surface area contributed by atoms with Crippen LogP contribution in [0.25, 0.3) is 0 Å². The largest absolute Gasteiger partial charge is 0.508 e. The molecule has 5 rings (SSSR count). The molecule has 14 heteroatoms. The highest BCUT2D eigenvalue weighted by Gasteiger charge is 2.31. The van der Waals surface area contributed by atoms with Crippen LogP contribution in [0.2, 0.25) is 0 Å². The average molecular weight is 886 g/mol. The molecule has 4 atom stereocenters. The van der Waals surface area contributed by atoms with E-state index in [1.807, 2.05) is 103 Å². The monoisotopic (exact) mass is 885 g/mol. The summed E-state index contributed by atoms with van der Waals surface area (Å²) >= 11 is 0. The van der Waals surface area contributed by atoms with Crippen LogP contribution in [-0.2, 0) is 43.2 Å². The highest BCUT2D eigenvalue weighted by atomic mass is 16.4. The quantitative estimate of drug-likeness (QED) is 0.0339. The predicted molar refractivity (Wildman–Crippen MR) is 250 cm³/mol. The molecule has 14 nitrogen and oxygen atoms in total. The van der Waals surface area contributed by atoms with Gasteiger partial charge in [0.15, 0.2) is 0 Å². The number of nitrogens with zero attached hydrogens (tertiary/aromatic N) is 2. The molecule has 65 heavy (non-hydrogen) atoms. The number of hydrogen-bond donors (Lipinski definition) is 7. The number of carboxylic acids is 1. The Morgan fingerprint density at radius 1 is 0.662 bits per heavy atom. The van der Waals surface area contributed by atoms with Crippen molar-refractivity contribution in [3.8, 4) is 5.75 Å². The Bertz CT molecular complexity index is 2230. The van der Waals surface area contributed by atoms with Gasteiger partial charge in [0, 0.05) is 38.4 Å². The molecule has 1 aromatic heterocycles. The number of amides is 4. The Morgan fingerprint density at radius 3 is 1.83 bits per heavy atom. The van der Waals surface area contributed by atoms with Crippen molar-refractivity contribution in [3.63, 3.8) is 0 Å². The molecule has 0 aliphatic heterocycles. The Balaban J connectivity index is 1.31. The smallest absolute Gasteiger partial charge is 0.326 e. The summed E-state index contributed by atoms with van der Waals surface area (Å²) in [7, 11) is 0. The lowest BCUT2D eigenvalue weighted by molar-refractivity contribution is -0.142. The second-order valence-electron chi connectivity index (χ2n) is 16.6. The number of rotatable bonds is 26. The maximum Gasteiger partial charge on any atom is 0.326 e. The van der Waals surface area contributed by atoms with Crippen molar-refractivity contribution in [1.82, 2.24) is 30.8 Å². The molecule has 3 unspecified atom stereocenters. The second kappa shape index (κ2) is 25.5. The van der Waals surface area contributed by atoms with E-state index in [0.717, 1.165) is 48.8 Å². The number of phenols is 1. The van der Waals surface area contributed by atoms with Crippen molar-refractivity contribution < 1.29 is 34.2 Å². The van der Waals surface area contributed by atoms with Gasteiger partial charge in [-0.05, 0) is 60.6 Å². The lowest BCUT2D eigenvalue weighted by Crippen LogP contribution is -2.58. The van der Waals surface area contributed by atoms with Crippen LogP contribution in [-0.4, -0.2) is 80.1 Å². The number of aromatic nitrogens is 2. The SMILES string of the molecule is CCCCCCCC(=O)NCCCC(NC(=O)C(N)Cc1cn(C(c2ccccc2)c2ccccc2)cn1)C(=O)NC(Cc1ccc(C)cc1)C(=O)N[C@@H](Cc1ccc(O)cc1)C(=O)O. The normalized spacial score (nSPS) is 13.0. The third-order valence-electron chi connectivity index (χ3n) is 11.3. The Kier molecular flexibility index (Phi) is 19.3. The summed E-state index contributed by atoms with van der Waals surface area (Å²) in [5, 5.41) is 30.9. The number of hydrogen-bond acceptors (Lipinski definition) is 8. The van der Waals surface area contributed by atoms with E-state index < -0.39 is 47.9 Å². The summed E-state index contributed by atoms with van der Waals surface area (Å²) in [6.45, 7) is 4.31. The molecule has 0 saturated heterocycles. The maximum absolute atomic E-state index is 14.3. The number of carbonyl (C=O) groups excluding carboxylic acids is 4. The van der Waals surface area contributed by atoms with Crippen LogP contribution in [0.1, 0.15) is 97.8 Å². The molecule has 0 radical (unpaired) electrons. The zero-order valence-electron chi connectivity index (χ0n) is 37.3. The fraction of sp³-hybridized carbons (Fsp3) is 0.373. The van der Waals surface area contributed by atoms with Crippen LogP contribution in [0.3, 0.4) is 0 Å². The maximum atomic E-state index is 14.3. The lowest BCUT2D eigenvalue weighted by Gasteiger charge is -2.25. The average Bonchev–Trinajstić information content (AvgIpc) is 3.76. The van der Waals surface area contributed by atoms with E-state index in [4.69, 9.17) is 5.73 Å². The van der Waals surface area contributed by atoms with E-state index in [-0.39, 0.29) is 49.9 Å². The molecule has 0 spiro atoms. The van der Waals surface area contributed by atoms with Crippen LogP contribution < -0.4 is 27.0 Å². The number of unbranched alkanes of at least 4 members (excludes halogenated alkanes) is 4. The van der Waals surface area contributed by atoms with Gasteiger partial charge in [-0.15, -0.1) is 0 Å². The number of benzene rings is 4. The number of aryl methyl sites for hydroxylation is 1. The van der Waals surface area contributed by atoms with Crippen LogP contribution in [0, 0.1) is 6.92 Å². The zero-order chi connectivity index (χ0) is 46.6. The van der Waals surface area contributed by atoms with Crippen molar-refractivity contribution in [1.29, 1.82) is 0 Å². The second-order valence-corrected chi connectivity index (χ2v) is 16.6. The van der Waals surface area contributed by atoms with Gasteiger partial charge in [0.1, 0.15) is 23.9 Å². The third-order valence-corrected chi connectivity index (χ3v) is 11.3. The Morgan fingerprint density at radius 2 is 1.22 bits per heavy atom. The first-order valence-electron chi connectivity index (χ1n) is 22.5. The highest BCUT2D eigenvalue weighted by molar-refractivity contribution is 5.94. The minimum Gasteiger partial charge on any atom is -0.508 e. The minimum atomic E-state index is -1.35. The third kappa shape index (κ3) is 16.1. The van der Waals surface area contributed by atoms with Gasteiger partial charge in [0.2, 0.25) is 23.6 Å². The molecule has 0 bridgehead atoms. The molecular weight excluding hydrogens is 823 g/mol. The van der Waals surface area contributed by atoms with Gasteiger partial charge in [0.25, 0.3) is 0 Å². The molecule has 5 aromatic rings. The first kappa shape index (κ1) is 49.2. The summed E-state index contributed by atoms with van der Waals surface area (Å²) in [5.74, 6) is -3.39. The summed E-state index contributed by atoms with van der Waals surface area (Å²) in [6, 6.07) is 28.3. The molecular formula is C51H63N7O7. The molecule has 1 heterocycles. The fourth-order valence-corrected chi connectivity index (χ4v) is 7.59. The fourth-order valence-electron chi connectivity index (χ4n) is 7.59. The zero-order valence-corrected chi connectivity index (χ0v) is 37.3. The van der Waals surface area contributed by atoms with E-state index in [9.17, 15) is 34.2 Å². The van der Waals surface area contributed by atoms with Crippen molar-refractivity contribution in [2.24, 2.45) is 5.73 Å². The number of imidazole rings is 1. The number of nitrogens with one attached hydrogen (secondary N) is 4. The standard InChI is InChI=1S/C51H63N7O7/c1-3-4-5-6-13-20-46(60)53-29-14-19-43(55-48(61)42(52)32-40-33-58(34-54-40)47(38-15-9-7-10-16-38)39-17-11-8-12-18-39)49(62)56-44(30-36-23-21-35(2)22-24-36)50(63)57-45(51(64)65)31-37-25-27-41(59)28-26-37/h7-12,15-18,21-28,33-34,42-45,47,59H,3-6,13-14,19-20,29-32,52H2,1-2H3,(H,53,60)(H,55,61)(H,56,62)(H,57,63)(H,64,65)/t42?,43?,44?,45-/m0/s1. The summed E-state index contributed by atoms with van der Waals surface area (Å²) in [6.07, 6.45) is 9.45. The Labute approximate surface area is 381 Å². The Hall–Kier alpha value is -6.80. The molecule has 0 aliphatic carbocycles. The predicted octanol–water partition coefficient (Wildman–Crippen LogP) is 5.69. The van der Waals surface area contributed by atoms with E-state index >= 15 is 0 Å². The first-order chi connectivity index (χ1) is 31.4. The van der Waals surface area contributed by atoms with E-state index in [0.29, 0.717) is 29.7 Å². The number of carboxylic acid groups (broad SMARTS) is 1. The molecule has 8 N–H and O–H groups in total. The van der Waals surface area contributed by atoms with Gasteiger partial charge in [-0.1, -0.05) is 135 Å².